The lowest BCUT2D eigenvalue weighted by atomic mass is 9.88. The van der Waals surface area contributed by atoms with E-state index in [0.717, 1.165) is 18.4 Å². The number of nitrogens with one attached hydrogen (secondary N) is 3. The van der Waals surface area contributed by atoms with Gasteiger partial charge in [0.25, 0.3) is 0 Å². The fourth-order valence-corrected chi connectivity index (χ4v) is 7.39. The molecule has 1 aromatic carbocycles. The molecule has 8 unspecified atom stereocenters. The van der Waals surface area contributed by atoms with Crippen LogP contribution in [-0.4, -0.2) is 124 Å². The molecule has 2 rings (SSSR count). The fourth-order valence-electron chi connectivity index (χ4n) is 7.39. The maximum Gasteiger partial charge on any atom is 0.328 e. The van der Waals surface area contributed by atoms with Crippen LogP contribution in [0.3, 0.4) is 0 Å². The van der Waals surface area contributed by atoms with E-state index >= 15 is 0 Å². The van der Waals surface area contributed by atoms with Gasteiger partial charge in [-0.1, -0.05) is 71.4 Å². The van der Waals surface area contributed by atoms with Gasteiger partial charge in [-0.25, -0.2) is 4.79 Å². The first-order valence-corrected chi connectivity index (χ1v) is 19.0. The molecule has 1 aliphatic heterocycles. The van der Waals surface area contributed by atoms with Crippen molar-refractivity contribution in [2.75, 3.05) is 48.5 Å². The quantitative estimate of drug-likeness (QED) is 0.161. The Hall–Kier alpha value is -3.55. The summed E-state index contributed by atoms with van der Waals surface area (Å²) >= 11 is 0. The van der Waals surface area contributed by atoms with E-state index in [0.29, 0.717) is 19.5 Å². The zero-order valence-electron chi connectivity index (χ0n) is 34.2. The third-order valence-corrected chi connectivity index (χ3v) is 10.8. The Morgan fingerprint density at radius 3 is 2.15 bits per heavy atom. The Kier molecular flexibility index (Phi) is 18.4. The maximum absolute atomic E-state index is 14.2. The number of likely N-dealkylation sites (N-methyl/N-ethyl adjacent to an activating group) is 1. The number of amides is 4. The minimum atomic E-state index is -0.890. The van der Waals surface area contributed by atoms with Crippen molar-refractivity contribution in [1.82, 2.24) is 25.8 Å². The molecule has 1 heterocycles. The number of nitrogens with zero attached hydrogens (tertiary/aromatic N) is 2. The predicted octanol–water partition coefficient (Wildman–Crippen LogP) is 3.19. The van der Waals surface area contributed by atoms with Gasteiger partial charge in [0.2, 0.25) is 23.6 Å². The smallest absolute Gasteiger partial charge is 0.328 e. The molecule has 300 valence electrons. The number of rotatable bonds is 21. The van der Waals surface area contributed by atoms with Gasteiger partial charge in [0, 0.05) is 40.8 Å². The van der Waals surface area contributed by atoms with Crippen molar-refractivity contribution in [2.24, 2.45) is 23.2 Å². The standard InChI is InChI=1S/C40H67N5O8/c1-13-26(4)34(44(9)37(48)33(25(2)3)43-39(50)40(6,7)24-41-8)31(51-10)23-32(46)45-21-17-20-30(45)35(52-11)27(5)36(47)42-29(38(49)53-12)22-28-18-15-14-16-19-28/h14-16,18-19,25-27,29-31,33-35,41H,13,17,20-24H2,1-12H3,(H,42,47)(H,43,50). The van der Waals surface area contributed by atoms with Crippen molar-refractivity contribution in [3.8, 4) is 0 Å². The minimum Gasteiger partial charge on any atom is -0.467 e. The molecule has 13 nitrogen and oxygen atoms in total. The number of benzene rings is 1. The summed E-state index contributed by atoms with van der Waals surface area (Å²) < 4.78 is 16.9. The second-order valence-electron chi connectivity index (χ2n) is 15.5. The van der Waals surface area contributed by atoms with E-state index in [-0.39, 0.29) is 54.3 Å². The zero-order chi connectivity index (χ0) is 40.0. The molecule has 4 amide bonds. The molecule has 53 heavy (non-hydrogen) atoms. The first kappa shape index (κ1) is 45.6. The van der Waals surface area contributed by atoms with Crippen LogP contribution >= 0.6 is 0 Å². The zero-order valence-corrected chi connectivity index (χ0v) is 34.2. The highest BCUT2D eigenvalue weighted by Gasteiger charge is 2.43. The second kappa shape index (κ2) is 21.4. The third kappa shape index (κ3) is 12.2. The van der Waals surface area contributed by atoms with Crippen molar-refractivity contribution in [1.29, 1.82) is 0 Å². The minimum absolute atomic E-state index is 0.00599. The van der Waals surface area contributed by atoms with Gasteiger partial charge in [0.15, 0.2) is 0 Å². The molecule has 1 fully saturated rings. The van der Waals surface area contributed by atoms with E-state index in [9.17, 15) is 24.0 Å². The topological polar surface area (TPSA) is 156 Å². The Balaban J connectivity index is 2.28. The number of hydrogen-bond acceptors (Lipinski definition) is 9. The summed E-state index contributed by atoms with van der Waals surface area (Å²) in [5, 5.41) is 8.89. The fraction of sp³-hybridized carbons (Fsp3) is 0.725. The van der Waals surface area contributed by atoms with Crippen molar-refractivity contribution >= 4 is 29.6 Å². The monoisotopic (exact) mass is 745 g/mol. The average Bonchev–Trinajstić information content (AvgIpc) is 3.62. The molecule has 1 aromatic rings. The molecule has 1 aliphatic rings. The Morgan fingerprint density at radius 2 is 1.62 bits per heavy atom. The second-order valence-corrected chi connectivity index (χ2v) is 15.5. The molecule has 1 saturated heterocycles. The average molecular weight is 746 g/mol. The summed E-state index contributed by atoms with van der Waals surface area (Å²) in [6, 6.07) is 6.86. The first-order chi connectivity index (χ1) is 25.0. The Morgan fingerprint density at radius 1 is 0.981 bits per heavy atom. The molecule has 3 N–H and O–H groups in total. The van der Waals surface area contributed by atoms with Crippen LogP contribution in [0.5, 0.6) is 0 Å². The van der Waals surface area contributed by atoms with Gasteiger partial charge in [-0.05, 0) is 51.1 Å². The van der Waals surface area contributed by atoms with Crippen molar-refractivity contribution in [3.05, 3.63) is 35.9 Å². The Labute approximate surface area is 317 Å². The van der Waals surface area contributed by atoms with E-state index in [1.54, 1.807) is 37.9 Å². The van der Waals surface area contributed by atoms with Crippen LogP contribution < -0.4 is 16.0 Å². The van der Waals surface area contributed by atoms with Crippen LogP contribution in [0.4, 0.5) is 0 Å². The predicted molar refractivity (Wildman–Crippen MR) is 205 cm³/mol. The van der Waals surface area contributed by atoms with Gasteiger partial charge in [-0.3, -0.25) is 19.2 Å². The van der Waals surface area contributed by atoms with Gasteiger partial charge < -0.3 is 40.0 Å². The van der Waals surface area contributed by atoms with Crippen LogP contribution in [0.15, 0.2) is 30.3 Å². The van der Waals surface area contributed by atoms with Crippen LogP contribution in [0, 0.1) is 23.2 Å². The number of hydrogen-bond donors (Lipinski definition) is 3. The van der Waals surface area contributed by atoms with E-state index in [2.05, 4.69) is 16.0 Å². The molecule has 0 aromatic heterocycles. The molecule has 8 atom stereocenters. The number of carbonyl (C=O) groups is 5. The van der Waals surface area contributed by atoms with Gasteiger partial charge in [0.1, 0.15) is 12.1 Å². The van der Waals surface area contributed by atoms with E-state index in [1.165, 1.54) is 14.2 Å². The number of esters is 1. The molecular weight excluding hydrogens is 678 g/mol. The lowest BCUT2D eigenvalue weighted by molar-refractivity contribution is -0.149. The van der Waals surface area contributed by atoms with Crippen molar-refractivity contribution in [2.45, 2.75) is 117 Å². The van der Waals surface area contributed by atoms with Gasteiger partial charge in [-0.2, -0.15) is 0 Å². The van der Waals surface area contributed by atoms with Crippen molar-refractivity contribution < 1.29 is 38.2 Å². The number of likely N-dealkylation sites (tertiary alicyclic amines) is 1. The highest BCUT2D eigenvalue weighted by Crippen LogP contribution is 2.30. The molecule has 0 spiro atoms. The summed E-state index contributed by atoms with van der Waals surface area (Å²) in [5.41, 5.74) is 0.147. The largest absolute Gasteiger partial charge is 0.467 e. The summed E-state index contributed by atoms with van der Waals surface area (Å²) in [4.78, 5) is 71.3. The van der Waals surface area contributed by atoms with Crippen LogP contribution in [0.25, 0.3) is 0 Å². The summed E-state index contributed by atoms with van der Waals surface area (Å²) in [6.07, 6.45) is 1.08. The normalized spacial score (nSPS) is 18.7. The first-order valence-electron chi connectivity index (χ1n) is 19.0. The van der Waals surface area contributed by atoms with Gasteiger partial charge in [0.05, 0.1) is 49.2 Å². The molecular formula is C40H67N5O8. The van der Waals surface area contributed by atoms with Gasteiger partial charge >= 0.3 is 5.97 Å². The maximum atomic E-state index is 14.2. The number of ether oxygens (including phenoxy) is 3. The number of methoxy groups -OCH3 is 3. The van der Waals surface area contributed by atoms with Gasteiger partial charge in [-0.15, -0.1) is 0 Å². The Bertz CT molecular complexity index is 1340. The summed E-state index contributed by atoms with van der Waals surface area (Å²) in [6.45, 7) is 14.2. The highest BCUT2D eigenvalue weighted by molar-refractivity contribution is 5.90. The summed E-state index contributed by atoms with van der Waals surface area (Å²) in [7, 11) is 7.86. The lowest BCUT2D eigenvalue weighted by Gasteiger charge is -2.41. The number of carbonyl (C=O) groups excluding carboxylic acids is 5. The SMILES string of the molecule is CCC(C)C(C(CC(=O)N1CCCC1C(OC)C(C)C(=O)NC(Cc1ccccc1)C(=O)OC)OC)N(C)C(=O)C(NC(=O)C(C)(C)CNC)C(C)C. The lowest BCUT2D eigenvalue weighted by Crippen LogP contribution is -2.59. The molecule has 0 bridgehead atoms. The van der Waals surface area contributed by atoms with Crippen LogP contribution in [0.2, 0.25) is 0 Å². The van der Waals surface area contributed by atoms with Crippen molar-refractivity contribution in [3.63, 3.8) is 0 Å². The molecule has 0 radical (unpaired) electrons. The van der Waals surface area contributed by atoms with Crippen LogP contribution in [-0.2, 0) is 44.6 Å². The van der Waals surface area contributed by atoms with E-state index in [4.69, 9.17) is 14.2 Å². The molecule has 0 aliphatic carbocycles. The third-order valence-electron chi connectivity index (χ3n) is 10.8. The summed E-state index contributed by atoms with van der Waals surface area (Å²) in [5.74, 6) is -2.48. The molecule has 0 saturated carbocycles. The molecule has 13 heteroatoms. The van der Waals surface area contributed by atoms with Crippen LogP contribution in [0.1, 0.15) is 79.7 Å². The highest BCUT2D eigenvalue weighted by atomic mass is 16.5. The van der Waals surface area contributed by atoms with E-state index in [1.807, 2.05) is 71.9 Å². The van der Waals surface area contributed by atoms with E-state index < -0.39 is 47.6 Å².